The number of nitrogens with two attached hydrogens (primary N) is 1. The van der Waals surface area contributed by atoms with E-state index in [0.717, 1.165) is 33.5 Å². The zero-order valence-electron chi connectivity index (χ0n) is 25.4. The molecule has 3 aromatic carbocycles. The van der Waals surface area contributed by atoms with Crippen molar-refractivity contribution >= 4 is 50.5 Å². The lowest BCUT2D eigenvalue weighted by atomic mass is 10.0. The third-order valence-corrected chi connectivity index (χ3v) is 9.16. The Hall–Kier alpha value is -5.28. The number of aromatic amines is 1. The number of imidazole rings is 1. The largest absolute Gasteiger partial charge is 0.332 e. The summed E-state index contributed by atoms with van der Waals surface area (Å²) in [6, 6.07) is 26.2. The van der Waals surface area contributed by atoms with Gasteiger partial charge in [-0.2, -0.15) is 0 Å². The standard InChI is InChI=1S/C21H17FN4O2S2.C14H8FN3S/c22-17-5-3-15(4-6-17)19-20(16-9-11-24-12-10-16)26-21(25-19)29-13-14-1-7-18(8-2-14)30(23,27)28;15-11-3-1-9(2-4-11)12-13(18-14(19)17-12)10-5-7-16-8-6-10/h1-12H,13H2,(H,25,26)(H2,23,27,28);1-8H. The highest BCUT2D eigenvalue weighted by atomic mass is 32.2. The number of nitrogens with zero attached hydrogens (tertiary/aromatic N) is 5. The summed E-state index contributed by atoms with van der Waals surface area (Å²) in [5.41, 5.74) is 7.21. The first-order valence-corrected chi connectivity index (χ1v) is 17.5. The fourth-order valence-corrected chi connectivity index (χ4v) is 6.26. The van der Waals surface area contributed by atoms with Crippen LogP contribution in [0.4, 0.5) is 8.78 Å². The smallest absolute Gasteiger partial charge is 0.238 e. The number of sulfonamides is 1. The molecule has 0 saturated carbocycles. The van der Waals surface area contributed by atoms with Crippen LogP contribution < -0.4 is 5.14 Å². The Balaban J connectivity index is 0.000000188. The molecule has 0 radical (unpaired) electrons. The van der Waals surface area contributed by atoms with Gasteiger partial charge in [0.25, 0.3) is 0 Å². The molecule has 0 unspecified atom stereocenters. The summed E-state index contributed by atoms with van der Waals surface area (Å²) in [6.07, 6.45) is 6.76. The third-order valence-electron chi connectivity index (χ3n) is 7.11. The van der Waals surface area contributed by atoms with Crippen molar-refractivity contribution in [1.29, 1.82) is 0 Å². The molecule has 9 nitrogen and oxygen atoms in total. The second kappa shape index (κ2) is 14.9. The molecule has 3 aromatic heterocycles. The molecule has 7 rings (SSSR count). The normalized spacial score (nSPS) is 12.6. The number of H-pyrrole nitrogens is 1. The minimum absolute atomic E-state index is 0.0767. The zero-order chi connectivity index (χ0) is 34.4. The second-order valence-corrected chi connectivity index (χ2v) is 13.3. The van der Waals surface area contributed by atoms with Gasteiger partial charge in [0, 0.05) is 52.8 Å². The van der Waals surface area contributed by atoms with E-state index in [2.05, 4.69) is 24.9 Å². The topological polar surface area (TPSA) is 139 Å². The Morgan fingerprint density at radius 1 is 0.673 bits per heavy atom. The average Bonchev–Trinajstić information content (AvgIpc) is 3.73. The van der Waals surface area contributed by atoms with E-state index >= 15 is 0 Å². The maximum absolute atomic E-state index is 13.4. The monoisotopic (exact) mass is 709 g/mol. The van der Waals surface area contributed by atoms with Crippen LogP contribution in [0.25, 0.3) is 22.5 Å². The van der Waals surface area contributed by atoms with Crippen molar-refractivity contribution in [3.8, 4) is 22.5 Å². The quantitative estimate of drug-likeness (QED) is 0.128. The van der Waals surface area contributed by atoms with Gasteiger partial charge in [0.1, 0.15) is 17.3 Å². The first-order valence-electron chi connectivity index (χ1n) is 14.5. The van der Waals surface area contributed by atoms with Crippen LogP contribution in [-0.4, -0.2) is 44.9 Å². The van der Waals surface area contributed by atoms with Crippen molar-refractivity contribution in [2.75, 3.05) is 0 Å². The number of hydrogen-bond acceptors (Lipinski definition) is 7. The number of pyridine rings is 2. The van der Waals surface area contributed by atoms with E-state index in [1.165, 1.54) is 48.2 Å². The third kappa shape index (κ3) is 8.42. The Kier molecular flexibility index (Phi) is 10.2. The van der Waals surface area contributed by atoms with Gasteiger partial charge < -0.3 is 4.98 Å². The number of halogens is 2. The first kappa shape index (κ1) is 33.6. The van der Waals surface area contributed by atoms with Gasteiger partial charge in [-0.15, -0.1) is 0 Å². The summed E-state index contributed by atoms with van der Waals surface area (Å²) < 4.78 is 49.1. The van der Waals surface area contributed by atoms with Crippen LogP contribution in [0.1, 0.15) is 16.7 Å². The van der Waals surface area contributed by atoms with Crippen LogP contribution >= 0.6 is 24.0 Å². The van der Waals surface area contributed by atoms with Gasteiger partial charge in [-0.3, -0.25) is 9.97 Å². The van der Waals surface area contributed by atoms with Gasteiger partial charge in [0.15, 0.2) is 5.16 Å². The van der Waals surface area contributed by atoms with Crippen molar-refractivity contribution in [2.45, 2.75) is 15.8 Å². The number of thioether (sulfide) groups is 1. The molecule has 0 amide bonds. The second-order valence-electron chi connectivity index (χ2n) is 10.4. The molecule has 0 aliphatic carbocycles. The number of nitrogens with one attached hydrogen (secondary N) is 1. The van der Waals surface area contributed by atoms with Crippen molar-refractivity contribution in [3.05, 3.63) is 150 Å². The summed E-state index contributed by atoms with van der Waals surface area (Å²) in [4.78, 5) is 24.6. The van der Waals surface area contributed by atoms with E-state index in [4.69, 9.17) is 22.3 Å². The maximum Gasteiger partial charge on any atom is 0.238 e. The van der Waals surface area contributed by atoms with Gasteiger partial charge in [0.05, 0.1) is 22.0 Å². The van der Waals surface area contributed by atoms with Crippen molar-refractivity contribution < 1.29 is 17.2 Å². The molecular weight excluding hydrogens is 685 g/mol. The minimum atomic E-state index is -3.71. The highest BCUT2D eigenvalue weighted by Crippen LogP contribution is 2.33. The molecule has 6 aromatic rings. The molecule has 1 aliphatic heterocycles. The van der Waals surface area contributed by atoms with Crippen molar-refractivity contribution in [3.63, 3.8) is 0 Å². The molecule has 244 valence electrons. The predicted octanol–water partition coefficient (Wildman–Crippen LogP) is 7.02. The number of primary sulfonamides is 1. The van der Waals surface area contributed by atoms with Crippen LogP contribution in [-0.2, 0) is 15.8 Å². The van der Waals surface area contributed by atoms with Crippen LogP contribution in [0, 0.1) is 11.6 Å². The fraction of sp³-hybridized carbons (Fsp3) is 0.0286. The minimum Gasteiger partial charge on any atom is -0.332 e. The Bertz CT molecular complexity index is 2260. The molecule has 3 N–H and O–H groups in total. The molecule has 0 saturated heterocycles. The van der Waals surface area contributed by atoms with E-state index in [9.17, 15) is 17.2 Å². The van der Waals surface area contributed by atoms with Crippen LogP contribution in [0.3, 0.4) is 0 Å². The molecule has 4 heterocycles. The summed E-state index contributed by atoms with van der Waals surface area (Å²) >= 11 is 6.51. The van der Waals surface area contributed by atoms with Crippen molar-refractivity contribution in [2.24, 2.45) is 15.1 Å². The van der Waals surface area contributed by atoms with Gasteiger partial charge in [0.2, 0.25) is 15.1 Å². The van der Waals surface area contributed by atoms with Gasteiger partial charge >= 0.3 is 0 Å². The van der Waals surface area contributed by atoms with Crippen LogP contribution in [0.5, 0.6) is 0 Å². The summed E-state index contributed by atoms with van der Waals surface area (Å²) in [5, 5.41) is 6.11. The molecule has 1 aliphatic rings. The zero-order valence-corrected chi connectivity index (χ0v) is 27.8. The fourth-order valence-electron chi connectivity index (χ4n) is 4.73. The van der Waals surface area contributed by atoms with Gasteiger partial charge in [-0.05, 0) is 103 Å². The predicted molar refractivity (Wildman–Crippen MR) is 191 cm³/mol. The lowest BCUT2D eigenvalue weighted by Gasteiger charge is -2.04. The number of aliphatic imine (C=N–C) groups is 2. The SMILES string of the molecule is Fc1ccc(C2=NC(=S)N=C2c2ccncc2)cc1.NS(=O)(=O)c1ccc(CSc2nc(-c3ccc(F)cc3)c(-c3ccncc3)[nH]2)cc1. The van der Waals surface area contributed by atoms with E-state index in [-0.39, 0.29) is 21.6 Å². The number of rotatable bonds is 8. The number of thiocarbonyl (C=S) groups is 1. The maximum atomic E-state index is 13.4. The molecular formula is C35H25F2N7O2S3. The summed E-state index contributed by atoms with van der Waals surface area (Å²) in [5.74, 6) is -0.0125. The van der Waals surface area contributed by atoms with Crippen LogP contribution in [0.2, 0.25) is 0 Å². The van der Waals surface area contributed by atoms with Gasteiger partial charge in [-0.1, -0.05) is 23.9 Å². The molecule has 0 bridgehead atoms. The molecule has 49 heavy (non-hydrogen) atoms. The van der Waals surface area contributed by atoms with E-state index in [0.29, 0.717) is 28.0 Å². The highest BCUT2D eigenvalue weighted by Gasteiger charge is 2.21. The molecule has 0 spiro atoms. The Morgan fingerprint density at radius 2 is 1.16 bits per heavy atom. The van der Waals surface area contributed by atoms with E-state index < -0.39 is 10.0 Å². The molecule has 0 atom stereocenters. The number of hydrogen-bond donors (Lipinski definition) is 2. The highest BCUT2D eigenvalue weighted by molar-refractivity contribution is 7.98. The van der Waals surface area contributed by atoms with Crippen molar-refractivity contribution in [1.82, 2.24) is 19.9 Å². The van der Waals surface area contributed by atoms with E-state index in [1.807, 2.05) is 24.3 Å². The van der Waals surface area contributed by atoms with Gasteiger partial charge in [-0.25, -0.2) is 37.3 Å². The first-order chi connectivity index (χ1) is 23.6. The lowest BCUT2D eigenvalue weighted by molar-refractivity contribution is 0.597. The molecule has 14 heteroatoms. The summed E-state index contributed by atoms with van der Waals surface area (Å²) in [7, 11) is -3.71. The summed E-state index contributed by atoms with van der Waals surface area (Å²) in [6.45, 7) is 0. The lowest BCUT2D eigenvalue weighted by Crippen LogP contribution is -2.14. The van der Waals surface area contributed by atoms with E-state index in [1.54, 1.807) is 61.2 Å². The van der Waals surface area contributed by atoms with Crippen LogP contribution in [0.15, 0.2) is 142 Å². The number of aromatic nitrogens is 4. The average molecular weight is 710 g/mol. The molecule has 0 fully saturated rings. The number of benzene rings is 3. The Morgan fingerprint density at radius 3 is 1.69 bits per heavy atom. The Labute approximate surface area is 290 Å².